The van der Waals surface area contributed by atoms with Crippen LogP contribution in [0.15, 0.2) is 35.0 Å². The molecule has 8 heteroatoms. The zero-order valence-electron chi connectivity index (χ0n) is 19.3. The van der Waals surface area contributed by atoms with Crippen LogP contribution in [0.1, 0.15) is 41.4 Å². The molecule has 1 fully saturated rings. The molecule has 1 aliphatic heterocycles. The number of carbonyl (C=O) groups excluding carboxylic acids is 1. The van der Waals surface area contributed by atoms with Gasteiger partial charge in [-0.25, -0.2) is 9.97 Å². The molecule has 3 aromatic rings. The summed E-state index contributed by atoms with van der Waals surface area (Å²) in [6.07, 6.45) is 3.47. The van der Waals surface area contributed by atoms with Crippen molar-refractivity contribution in [2.24, 2.45) is 0 Å². The maximum atomic E-state index is 13.2. The summed E-state index contributed by atoms with van der Waals surface area (Å²) in [7, 11) is 3.79. The first kappa shape index (κ1) is 21.8. The molecule has 4 rings (SSSR count). The average molecular weight is 436 g/mol. The number of aromatic nitrogens is 3. The van der Waals surface area contributed by atoms with E-state index in [-0.39, 0.29) is 18.6 Å². The Labute approximate surface area is 188 Å². The molecule has 32 heavy (non-hydrogen) atoms. The molecule has 1 aliphatic rings. The second-order valence-corrected chi connectivity index (χ2v) is 8.45. The van der Waals surface area contributed by atoms with Crippen LogP contribution in [0.4, 0.5) is 5.95 Å². The number of rotatable bonds is 6. The third-order valence-corrected chi connectivity index (χ3v) is 5.74. The summed E-state index contributed by atoms with van der Waals surface area (Å²) in [5.74, 6) is 1.91. The Hall–Kier alpha value is -3.42. The molecule has 0 unspecified atom stereocenters. The van der Waals surface area contributed by atoms with Crippen molar-refractivity contribution in [3.05, 3.63) is 53.0 Å². The summed E-state index contributed by atoms with van der Waals surface area (Å²) in [6.45, 7) is 6.50. The monoisotopic (exact) mass is 435 g/mol. The summed E-state index contributed by atoms with van der Waals surface area (Å²) < 4.78 is 11.5. The van der Waals surface area contributed by atoms with E-state index in [1.807, 2.05) is 68.9 Å². The lowest BCUT2D eigenvalue weighted by Crippen LogP contribution is -2.35. The minimum absolute atomic E-state index is 0.00936. The highest BCUT2D eigenvalue weighted by molar-refractivity contribution is 5.79. The maximum absolute atomic E-state index is 13.2. The zero-order chi connectivity index (χ0) is 22.8. The number of likely N-dealkylation sites (tertiary alicyclic amines) is 1. The molecular formula is C24H29N5O3. The minimum Gasteiger partial charge on any atom is -0.483 e. The molecule has 0 aliphatic carbocycles. The number of benzene rings is 1. The highest BCUT2D eigenvalue weighted by Crippen LogP contribution is 2.37. The molecule has 1 saturated heterocycles. The highest BCUT2D eigenvalue weighted by Gasteiger charge is 2.34. The predicted molar refractivity (Wildman–Crippen MR) is 122 cm³/mol. The first-order valence-electron chi connectivity index (χ1n) is 10.8. The van der Waals surface area contributed by atoms with Crippen molar-refractivity contribution < 1.29 is 14.1 Å². The van der Waals surface area contributed by atoms with E-state index in [4.69, 9.17) is 14.2 Å². The maximum Gasteiger partial charge on any atom is 0.261 e. The van der Waals surface area contributed by atoms with E-state index < -0.39 is 0 Å². The van der Waals surface area contributed by atoms with Gasteiger partial charge in [0.15, 0.2) is 12.4 Å². The Balaban J connectivity index is 1.62. The van der Waals surface area contributed by atoms with E-state index in [1.54, 1.807) is 6.20 Å². The van der Waals surface area contributed by atoms with Gasteiger partial charge in [-0.15, -0.1) is 0 Å². The molecule has 3 heterocycles. The van der Waals surface area contributed by atoms with E-state index in [2.05, 4.69) is 10.1 Å². The summed E-state index contributed by atoms with van der Waals surface area (Å²) in [4.78, 5) is 26.2. The van der Waals surface area contributed by atoms with Crippen molar-refractivity contribution in [3.63, 3.8) is 0 Å². The van der Waals surface area contributed by atoms with Crippen molar-refractivity contribution in [1.29, 1.82) is 0 Å². The van der Waals surface area contributed by atoms with Gasteiger partial charge < -0.3 is 19.1 Å². The number of ether oxygens (including phenoxy) is 1. The van der Waals surface area contributed by atoms with E-state index in [0.29, 0.717) is 18.3 Å². The zero-order valence-corrected chi connectivity index (χ0v) is 19.3. The molecule has 1 atom stereocenters. The molecular weight excluding hydrogens is 406 g/mol. The fourth-order valence-electron chi connectivity index (χ4n) is 4.13. The van der Waals surface area contributed by atoms with Crippen LogP contribution in [0.5, 0.6) is 5.75 Å². The summed E-state index contributed by atoms with van der Waals surface area (Å²) in [6, 6.07) is 7.65. The molecule has 1 amide bonds. The number of aryl methyl sites for hydroxylation is 3. The van der Waals surface area contributed by atoms with Crippen molar-refractivity contribution in [3.8, 4) is 17.1 Å². The number of hydrogen-bond donors (Lipinski definition) is 0. The summed E-state index contributed by atoms with van der Waals surface area (Å²) >= 11 is 0. The lowest BCUT2D eigenvalue weighted by molar-refractivity contribution is -0.134. The van der Waals surface area contributed by atoms with Gasteiger partial charge in [0.05, 0.1) is 23.0 Å². The molecule has 8 nitrogen and oxygen atoms in total. The smallest absolute Gasteiger partial charge is 0.261 e. The normalized spacial score (nSPS) is 15.8. The Morgan fingerprint density at radius 1 is 1.25 bits per heavy atom. The van der Waals surface area contributed by atoms with Gasteiger partial charge in [-0.2, -0.15) is 0 Å². The second kappa shape index (κ2) is 8.98. The fourth-order valence-corrected chi connectivity index (χ4v) is 4.13. The summed E-state index contributed by atoms with van der Waals surface area (Å²) in [5.41, 5.74) is 4.36. The van der Waals surface area contributed by atoms with Crippen LogP contribution >= 0.6 is 0 Å². The van der Waals surface area contributed by atoms with Gasteiger partial charge in [-0.05, 0) is 44.7 Å². The Morgan fingerprint density at radius 2 is 2.00 bits per heavy atom. The predicted octanol–water partition coefficient (Wildman–Crippen LogP) is 3.87. The van der Waals surface area contributed by atoms with Crippen LogP contribution in [0.25, 0.3) is 11.3 Å². The van der Waals surface area contributed by atoms with Gasteiger partial charge >= 0.3 is 0 Å². The number of amides is 1. The first-order valence-corrected chi connectivity index (χ1v) is 10.8. The van der Waals surface area contributed by atoms with E-state index in [1.165, 1.54) is 0 Å². The SMILES string of the molecule is Cc1cc(-c2cnc(N(C)C)nc2[C@@H]2CCCN2C(=O)COc2c(C)cccc2C)on1. The number of nitrogens with zero attached hydrogens (tertiary/aromatic N) is 5. The summed E-state index contributed by atoms with van der Waals surface area (Å²) in [5, 5.41) is 4.01. The van der Waals surface area contributed by atoms with Crippen LogP contribution in [0.3, 0.4) is 0 Å². The van der Waals surface area contributed by atoms with Gasteiger partial charge in [-0.3, -0.25) is 4.79 Å². The highest BCUT2D eigenvalue weighted by atomic mass is 16.5. The lowest BCUT2D eigenvalue weighted by Gasteiger charge is -2.26. The van der Waals surface area contributed by atoms with Gasteiger partial charge in [0.2, 0.25) is 5.95 Å². The third-order valence-electron chi connectivity index (χ3n) is 5.74. The van der Waals surface area contributed by atoms with Gasteiger partial charge in [0, 0.05) is 32.9 Å². The first-order chi connectivity index (χ1) is 15.3. The Morgan fingerprint density at radius 3 is 2.66 bits per heavy atom. The Kier molecular flexibility index (Phi) is 6.12. The minimum atomic E-state index is -0.175. The molecule has 168 valence electrons. The number of para-hydroxylation sites is 1. The third kappa shape index (κ3) is 4.30. The number of anilines is 1. The van der Waals surface area contributed by atoms with E-state index in [0.717, 1.165) is 46.7 Å². The lowest BCUT2D eigenvalue weighted by atomic mass is 10.0. The fraction of sp³-hybridized carbons (Fsp3) is 0.417. The largest absolute Gasteiger partial charge is 0.483 e. The van der Waals surface area contributed by atoms with Gasteiger partial charge in [-0.1, -0.05) is 23.4 Å². The second-order valence-electron chi connectivity index (χ2n) is 8.45. The molecule has 2 aromatic heterocycles. The van der Waals surface area contributed by atoms with E-state index in [9.17, 15) is 4.79 Å². The van der Waals surface area contributed by atoms with Gasteiger partial charge in [0.25, 0.3) is 5.91 Å². The molecule has 0 saturated carbocycles. The van der Waals surface area contributed by atoms with E-state index >= 15 is 0 Å². The Bertz CT molecular complexity index is 1100. The van der Waals surface area contributed by atoms with Crippen LogP contribution in [-0.4, -0.2) is 53.2 Å². The van der Waals surface area contributed by atoms with Crippen molar-refractivity contribution in [2.45, 2.75) is 39.7 Å². The van der Waals surface area contributed by atoms with Crippen molar-refractivity contribution >= 4 is 11.9 Å². The van der Waals surface area contributed by atoms with Crippen LogP contribution in [-0.2, 0) is 4.79 Å². The number of hydrogen-bond acceptors (Lipinski definition) is 7. The standard InChI is InChI=1S/C24H29N5O3/c1-15-8-6-9-16(2)23(15)31-14-21(30)29-11-7-10-19(29)22-18(20-12-17(3)27-32-20)13-25-24(26-22)28(4)5/h6,8-9,12-13,19H,7,10-11,14H2,1-5H3/t19-/m0/s1. The average Bonchev–Trinajstić information content (AvgIpc) is 3.42. The van der Waals surface area contributed by atoms with Gasteiger partial charge in [0.1, 0.15) is 5.75 Å². The molecule has 0 bridgehead atoms. The van der Waals surface area contributed by atoms with Crippen LogP contribution < -0.4 is 9.64 Å². The van der Waals surface area contributed by atoms with Crippen molar-refractivity contribution in [1.82, 2.24) is 20.0 Å². The topological polar surface area (TPSA) is 84.6 Å². The van der Waals surface area contributed by atoms with Crippen molar-refractivity contribution in [2.75, 3.05) is 32.1 Å². The molecule has 1 aromatic carbocycles. The molecule has 0 spiro atoms. The number of carbonyl (C=O) groups is 1. The van der Waals surface area contributed by atoms with Crippen LogP contribution in [0, 0.1) is 20.8 Å². The van der Waals surface area contributed by atoms with Crippen LogP contribution in [0.2, 0.25) is 0 Å². The quantitative estimate of drug-likeness (QED) is 0.581. The molecule has 0 N–H and O–H groups in total. The molecule has 0 radical (unpaired) electrons.